The molecule has 0 aliphatic rings. The highest BCUT2D eigenvalue weighted by Gasteiger charge is 2.11. The first-order valence-corrected chi connectivity index (χ1v) is 7.10. The molecule has 5 heteroatoms. The van der Waals surface area contributed by atoms with Gasteiger partial charge in [-0.2, -0.15) is 0 Å². The van der Waals surface area contributed by atoms with Gasteiger partial charge in [-0.15, -0.1) is 11.3 Å². The van der Waals surface area contributed by atoms with Gasteiger partial charge in [0.2, 0.25) is 0 Å². The third-order valence-electron chi connectivity index (χ3n) is 2.68. The smallest absolute Gasteiger partial charge is 0.141 e. The van der Waals surface area contributed by atoms with E-state index in [0.29, 0.717) is 12.1 Å². The molecule has 4 nitrogen and oxygen atoms in total. The van der Waals surface area contributed by atoms with E-state index in [-0.39, 0.29) is 0 Å². The number of nitrogens with zero attached hydrogens (tertiary/aromatic N) is 3. The van der Waals surface area contributed by atoms with Crippen LogP contribution < -0.4 is 5.32 Å². The summed E-state index contributed by atoms with van der Waals surface area (Å²) in [5.74, 6) is 0. The van der Waals surface area contributed by atoms with Crippen molar-refractivity contribution < 1.29 is 0 Å². The van der Waals surface area contributed by atoms with Crippen LogP contribution in [0.1, 0.15) is 38.6 Å². The summed E-state index contributed by atoms with van der Waals surface area (Å²) >= 11 is 1.73. The summed E-state index contributed by atoms with van der Waals surface area (Å²) in [6.45, 7) is 9.48. The molecule has 0 saturated carbocycles. The number of hydrogen-bond donors (Lipinski definition) is 1. The van der Waals surface area contributed by atoms with Gasteiger partial charge in [0.05, 0.1) is 18.2 Å². The molecule has 98 valence electrons. The molecule has 2 rings (SSSR count). The number of imidazole rings is 1. The Kier molecular flexibility index (Phi) is 4.14. The Balaban J connectivity index is 2.16. The van der Waals surface area contributed by atoms with Crippen molar-refractivity contribution >= 4 is 11.3 Å². The predicted octanol–water partition coefficient (Wildman–Crippen LogP) is 3.09. The second-order valence-electron chi connectivity index (χ2n) is 4.95. The van der Waals surface area contributed by atoms with Gasteiger partial charge in [0, 0.05) is 29.7 Å². The third-order valence-corrected chi connectivity index (χ3v) is 3.70. The van der Waals surface area contributed by atoms with E-state index in [2.05, 4.69) is 47.5 Å². The van der Waals surface area contributed by atoms with E-state index in [1.165, 1.54) is 4.88 Å². The first-order chi connectivity index (χ1) is 8.58. The Labute approximate surface area is 112 Å². The number of hydrogen-bond acceptors (Lipinski definition) is 4. The van der Waals surface area contributed by atoms with Crippen LogP contribution in [0.5, 0.6) is 0 Å². The highest BCUT2D eigenvalue weighted by molar-refractivity contribution is 7.15. The highest BCUT2D eigenvalue weighted by Crippen LogP contribution is 2.26. The molecular weight excluding hydrogens is 244 g/mol. The minimum Gasteiger partial charge on any atom is -0.326 e. The van der Waals surface area contributed by atoms with E-state index in [9.17, 15) is 0 Å². The second kappa shape index (κ2) is 5.63. The van der Waals surface area contributed by atoms with Crippen LogP contribution in [-0.2, 0) is 6.54 Å². The first kappa shape index (κ1) is 13.2. The van der Waals surface area contributed by atoms with Crippen LogP contribution in [0.4, 0.5) is 0 Å². The molecule has 0 radical (unpaired) electrons. The minimum absolute atomic E-state index is 0.406. The van der Waals surface area contributed by atoms with Crippen LogP contribution in [0.25, 0.3) is 10.7 Å². The summed E-state index contributed by atoms with van der Waals surface area (Å²) < 4.78 is 2.15. The van der Waals surface area contributed by atoms with E-state index < -0.39 is 0 Å². The lowest BCUT2D eigenvalue weighted by molar-refractivity contribution is 0.593. The Morgan fingerprint density at radius 3 is 2.72 bits per heavy atom. The van der Waals surface area contributed by atoms with E-state index in [0.717, 1.165) is 17.2 Å². The van der Waals surface area contributed by atoms with Crippen molar-refractivity contribution in [3.63, 3.8) is 0 Å². The van der Waals surface area contributed by atoms with Gasteiger partial charge in [-0.3, -0.25) is 0 Å². The van der Waals surface area contributed by atoms with Crippen molar-refractivity contribution in [2.24, 2.45) is 0 Å². The Hall–Kier alpha value is -1.20. The molecule has 0 atom stereocenters. The van der Waals surface area contributed by atoms with Gasteiger partial charge in [-0.25, -0.2) is 9.97 Å². The Morgan fingerprint density at radius 2 is 2.06 bits per heavy atom. The Morgan fingerprint density at radius 1 is 1.28 bits per heavy atom. The predicted molar refractivity (Wildman–Crippen MR) is 75.7 cm³/mol. The molecule has 18 heavy (non-hydrogen) atoms. The van der Waals surface area contributed by atoms with E-state index in [1.807, 2.05) is 18.7 Å². The summed E-state index contributed by atoms with van der Waals surface area (Å²) in [6.07, 6.45) is 5.71. The summed E-state index contributed by atoms with van der Waals surface area (Å²) in [7, 11) is 0. The lowest BCUT2D eigenvalue weighted by Crippen LogP contribution is -2.21. The largest absolute Gasteiger partial charge is 0.326 e. The standard InChI is InChI=1S/C13H20N4S/c1-9(2)15-5-11-6-16-13(18-11)12-7-14-8-17(12)10(3)4/h6-10,15H,5H2,1-4H3. The molecule has 0 bridgehead atoms. The van der Waals surface area contributed by atoms with Gasteiger partial charge in [-0.05, 0) is 13.8 Å². The lowest BCUT2D eigenvalue weighted by Gasteiger charge is -2.09. The maximum atomic E-state index is 4.50. The zero-order chi connectivity index (χ0) is 13.1. The van der Waals surface area contributed by atoms with E-state index >= 15 is 0 Å². The van der Waals surface area contributed by atoms with Gasteiger partial charge in [0.1, 0.15) is 5.01 Å². The zero-order valence-corrected chi connectivity index (χ0v) is 12.2. The SMILES string of the molecule is CC(C)NCc1cnc(-c2cncn2C(C)C)s1. The van der Waals surface area contributed by atoms with Crippen LogP contribution in [-0.4, -0.2) is 20.6 Å². The molecule has 0 aromatic carbocycles. The van der Waals surface area contributed by atoms with Crippen LogP contribution >= 0.6 is 11.3 Å². The quantitative estimate of drug-likeness (QED) is 0.902. The van der Waals surface area contributed by atoms with Crippen LogP contribution in [0.15, 0.2) is 18.7 Å². The normalized spacial score (nSPS) is 11.7. The van der Waals surface area contributed by atoms with Crippen molar-refractivity contribution in [1.29, 1.82) is 0 Å². The topological polar surface area (TPSA) is 42.7 Å². The first-order valence-electron chi connectivity index (χ1n) is 6.28. The Bertz CT molecular complexity index is 499. The van der Waals surface area contributed by atoms with Crippen molar-refractivity contribution in [2.75, 3.05) is 0 Å². The molecule has 0 spiro atoms. The highest BCUT2D eigenvalue weighted by atomic mass is 32.1. The number of aromatic nitrogens is 3. The lowest BCUT2D eigenvalue weighted by atomic mass is 10.3. The fourth-order valence-corrected chi connectivity index (χ4v) is 2.57. The van der Waals surface area contributed by atoms with Gasteiger partial charge in [0.15, 0.2) is 0 Å². The molecule has 0 unspecified atom stereocenters. The monoisotopic (exact) mass is 264 g/mol. The molecule has 0 aliphatic carbocycles. The van der Waals surface area contributed by atoms with Crippen LogP contribution in [0, 0.1) is 0 Å². The summed E-state index contributed by atoms with van der Waals surface area (Å²) in [5, 5.41) is 4.45. The number of thiazole rings is 1. The molecule has 2 aromatic heterocycles. The second-order valence-corrected chi connectivity index (χ2v) is 6.06. The number of rotatable bonds is 5. The fraction of sp³-hybridized carbons (Fsp3) is 0.538. The minimum atomic E-state index is 0.406. The molecule has 0 fully saturated rings. The van der Waals surface area contributed by atoms with Crippen molar-refractivity contribution in [3.05, 3.63) is 23.6 Å². The zero-order valence-electron chi connectivity index (χ0n) is 11.3. The molecule has 0 amide bonds. The van der Waals surface area contributed by atoms with Gasteiger partial charge >= 0.3 is 0 Å². The van der Waals surface area contributed by atoms with Gasteiger partial charge in [-0.1, -0.05) is 13.8 Å². The summed E-state index contributed by atoms with van der Waals surface area (Å²) in [6, 6.07) is 0.903. The van der Waals surface area contributed by atoms with Crippen LogP contribution in [0.3, 0.4) is 0 Å². The molecule has 0 aliphatic heterocycles. The number of nitrogens with one attached hydrogen (secondary N) is 1. The van der Waals surface area contributed by atoms with E-state index in [4.69, 9.17) is 0 Å². The maximum Gasteiger partial charge on any atom is 0.141 e. The van der Waals surface area contributed by atoms with Crippen LogP contribution in [0.2, 0.25) is 0 Å². The van der Waals surface area contributed by atoms with Crippen molar-refractivity contribution in [2.45, 2.75) is 46.3 Å². The summed E-state index contributed by atoms with van der Waals surface area (Å²) in [5.41, 5.74) is 1.10. The van der Waals surface area contributed by atoms with Gasteiger partial charge < -0.3 is 9.88 Å². The van der Waals surface area contributed by atoms with Gasteiger partial charge in [0.25, 0.3) is 0 Å². The average molecular weight is 264 g/mol. The molecule has 2 heterocycles. The molecular formula is C13H20N4S. The fourth-order valence-electron chi connectivity index (χ4n) is 1.69. The molecule has 0 saturated heterocycles. The average Bonchev–Trinajstić information content (AvgIpc) is 2.94. The molecule has 1 N–H and O–H groups in total. The van der Waals surface area contributed by atoms with Crippen molar-refractivity contribution in [3.8, 4) is 10.7 Å². The van der Waals surface area contributed by atoms with Crippen molar-refractivity contribution in [1.82, 2.24) is 19.9 Å². The maximum absolute atomic E-state index is 4.50. The molecule has 2 aromatic rings. The summed E-state index contributed by atoms with van der Waals surface area (Å²) in [4.78, 5) is 9.97. The third kappa shape index (κ3) is 2.97. The van der Waals surface area contributed by atoms with E-state index in [1.54, 1.807) is 11.3 Å².